The van der Waals surface area contributed by atoms with Crippen LogP contribution in [0.1, 0.15) is 0 Å². The number of fused-ring (bicyclic) bond motifs is 8. The number of imidazole rings is 1. The number of benzene rings is 6. The average Bonchev–Trinajstić information content (AvgIpc) is 3.70. The summed E-state index contributed by atoms with van der Waals surface area (Å²) in [6, 6.07) is 52.9. The number of ether oxygens (including phenoxy) is 2. The molecule has 236 valence electrons. The third-order valence-electron chi connectivity index (χ3n) is 9.67. The van der Waals surface area contributed by atoms with Crippen molar-refractivity contribution in [2.75, 3.05) is 0 Å². The van der Waals surface area contributed by atoms with E-state index in [2.05, 4.69) is 100 Å². The van der Waals surface area contributed by atoms with Gasteiger partial charge in [-0.2, -0.15) is 6.07 Å². The van der Waals surface area contributed by atoms with Gasteiger partial charge in [-0.05, 0) is 60.0 Å². The van der Waals surface area contributed by atoms with Crippen LogP contribution in [-0.2, 0) is 21.1 Å². The monoisotopic (exact) mass is 821 g/mol. The predicted molar refractivity (Wildman–Crippen MR) is 194 cm³/mol. The molecule has 5 heterocycles. The molecule has 0 amide bonds. The number of aromatic nitrogens is 4. The molecule has 9 aromatic rings. The summed E-state index contributed by atoms with van der Waals surface area (Å²) in [5, 5.41) is 2.17. The van der Waals surface area contributed by atoms with Gasteiger partial charge in [-0.3, -0.25) is 4.98 Å². The van der Waals surface area contributed by atoms with Crippen molar-refractivity contribution in [2.45, 2.75) is 0 Å². The van der Waals surface area contributed by atoms with Crippen molar-refractivity contribution in [3.8, 4) is 45.9 Å². The van der Waals surface area contributed by atoms with E-state index in [-0.39, 0.29) is 27.8 Å². The molecule has 0 unspecified atom stereocenters. The van der Waals surface area contributed by atoms with E-state index in [0.717, 1.165) is 95.1 Å². The summed E-state index contributed by atoms with van der Waals surface area (Å²) in [4.78, 5) is 9.88. The summed E-state index contributed by atoms with van der Waals surface area (Å²) >= 11 is 0. The van der Waals surface area contributed by atoms with Crippen molar-refractivity contribution < 1.29 is 30.5 Å². The van der Waals surface area contributed by atoms with Gasteiger partial charge in [0.15, 0.2) is 0 Å². The molecule has 0 atom stereocenters. The number of pyridine rings is 1. The zero-order valence-corrected chi connectivity index (χ0v) is 28.6. The van der Waals surface area contributed by atoms with Gasteiger partial charge in [-0.25, -0.2) is 4.98 Å². The fraction of sp³-hybridized carbons (Fsp3) is 0. The van der Waals surface area contributed by atoms with Crippen molar-refractivity contribution in [3.05, 3.63) is 152 Å². The van der Waals surface area contributed by atoms with E-state index >= 15 is 0 Å². The minimum absolute atomic E-state index is 0. The van der Waals surface area contributed by atoms with Gasteiger partial charge in [0, 0.05) is 34.4 Å². The Bertz CT molecular complexity index is 2800. The third kappa shape index (κ3) is 4.14. The van der Waals surface area contributed by atoms with Crippen LogP contribution in [-0.4, -0.2) is 25.8 Å². The molecule has 3 aromatic heterocycles. The molecule has 6 aromatic carbocycles. The predicted octanol–water partition coefficient (Wildman–Crippen LogP) is 7.51. The maximum atomic E-state index is 6.68. The first-order valence-corrected chi connectivity index (χ1v) is 16.3. The second-order valence-electron chi connectivity index (χ2n) is 12.4. The maximum absolute atomic E-state index is 6.68. The third-order valence-corrected chi connectivity index (χ3v) is 9.67. The van der Waals surface area contributed by atoms with E-state index in [0.29, 0.717) is 0 Å². The first-order chi connectivity index (χ1) is 24.3. The van der Waals surface area contributed by atoms with Gasteiger partial charge in [0.25, 0.3) is 0 Å². The summed E-state index contributed by atoms with van der Waals surface area (Å²) in [5.74, 6) is 4.73. The van der Waals surface area contributed by atoms with E-state index in [4.69, 9.17) is 19.4 Å². The molecule has 6 nitrogen and oxygen atoms in total. The molecule has 0 N–H and O–H groups in total. The van der Waals surface area contributed by atoms with Crippen LogP contribution >= 0.6 is 0 Å². The smallest absolute Gasteiger partial charge is 0.518 e. The maximum Gasteiger partial charge on any atom is 2.00 e. The Hall–Kier alpha value is -5.91. The molecule has 8 heteroatoms. The van der Waals surface area contributed by atoms with Crippen molar-refractivity contribution >= 4 is 55.9 Å². The molecule has 0 aliphatic carbocycles. The molecular weight excluding hydrogens is 798 g/mol. The Kier molecular flexibility index (Phi) is 6.42. The summed E-state index contributed by atoms with van der Waals surface area (Å²) in [6.07, 6.45) is 1.83. The van der Waals surface area contributed by atoms with Crippen molar-refractivity contribution in [2.24, 2.45) is 0 Å². The van der Waals surface area contributed by atoms with Gasteiger partial charge in [0.2, 0.25) is 6.71 Å². The number of nitrogens with zero attached hydrogens (tertiary/aromatic N) is 4. The van der Waals surface area contributed by atoms with Crippen LogP contribution in [0.15, 0.2) is 140 Å². The molecule has 0 saturated carbocycles. The standard InChI is InChI=1S/C42H23BN4O2.Pt/c1-2-11-27(12-3-1)46-34-16-7-5-14-32(34)45-42(46)26-20-21-36-30(23-26)43-31-25-35-29(24-39(31)49-38-18-10-17-37(48-36)41(38)43)28-13-4-6-15-33(28)47(35)40-19-8-9-22-44-40;/h1-22,24H;/q-2;+2. The summed E-state index contributed by atoms with van der Waals surface area (Å²) in [7, 11) is 0. The Balaban J connectivity index is 0.00000316. The van der Waals surface area contributed by atoms with E-state index in [9.17, 15) is 0 Å². The van der Waals surface area contributed by atoms with Crippen LogP contribution in [0.3, 0.4) is 0 Å². The first kappa shape index (κ1) is 29.0. The minimum Gasteiger partial charge on any atom is -0.518 e. The van der Waals surface area contributed by atoms with Crippen molar-refractivity contribution in [1.82, 2.24) is 19.1 Å². The average molecular weight is 822 g/mol. The Morgan fingerprint density at radius 3 is 2.16 bits per heavy atom. The second-order valence-corrected chi connectivity index (χ2v) is 12.4. The zero-order valence-electron chi connectivity index (χ0n) is 26.3. The van der Waals surface area contributed by atoms with Gasteiger partial charge >= 0.3 is 21.1 Å². The molecular formula is C42H23BN4O2Pt. The van der Waals surface area contributed by atoms with Gasteiger partial charge in [0.05, 0.1) is 16.9 Å². The Morgan fingerprint density at radius 1 is 0.580 bits per heavy atom. The molecule has 0 radical (unpaired) electrons. The van der Waals surface area contributed by atoms with Crippen LogP contribution < -0.4 is 25.9 Å². The number of para-hydroxylation sites is 4. The van der Waals surface area contributed by atoms with E-state index in [1.165, 1.54) is 0 Å². The Morgan fingerprint density at radius 2 is 1.32 bits per heavy atom. The largest absolute Gasteiger partial charge is 2.00 e. The molecule has 50 heavy (non-hydrogen) atoms. The van der Waals surface area contributed by atoms with Crippen LogP contribution in [0, 0.1) is 12.1 Å². The van der Waals surface area contributed by atoms with Gasteiger partial charge in [0.1, 0.15) is 17.3 Å². The molecule has 0 saturated heterocycles. The molecule has 11 rings (SSSR count). The van der Waals surface area contributed by atoms with E-state index < -0.39 is 0 Å². The first-order valence-electron chi connectivity index (χ1n) is 16.3. The van der Waals surface area contributed by atoms with E-state index in [1.54, 1.807) is 0 Å². The number of hydrogen-bond acceptors (Lipinski definition) is 4. The molecule has 0 spiro atoms. The van der Waals surface area contributed by atoms with Crippen molar-refractivity contribution in [1.29, 1.82) is 0 Å². The van der Waals surface area contributed by atoms with E-state index in [1.807, 2.05) is 60.8 Å². The molecule has 2 aliphatic heterocycles. The zero-order chi connectivity index (χ0) is 32.1. The second kappa shape index (κ2) is 11.1. The molecule has 2 aliphatic rings. The fourth-order valence-electron chi connectivity index (χ4n) is 7.59. The number of hydrogen-bond donors (Lipinski definition) is 0. The minimum atomic E-state index is -0.229. The summed E-state index contributed by atoms with van der Waals surface area (Å²) in [5.41, 5.74) is 8.71. The van der Waals surface area contributed by atoms with Crippen LogP contribution in [0.2, 0.25) is 0 Å². The SMILES string of the molecule is [Pt+2].[c-]1c(-c2nc3ccccc3n2-c2ccccc2)ccc2c1B1c3[c-]c4c(cc3Oc3cccc(c31)O2)c1ccccc1n4-c1ccccn1. The number of rotatable bonds is 3. The van der Waals surface area contributed by atoms with Gasteiger partial charge < -0.3 is 18.6 Å². The van der Waals surface area contributed by atoms with Crippen LogP contribution in [0.25, 0.3) is 55.7 Å². The van der Waals surface area contributed by atoms with Crippen LogP contribution in [0.5, 0.6) is 23.0 Å². The van der Waals surface area contributed by atoms with Crippen LogP contribution in [0.4, 0.5) is 0 Å². The fourth-order valence-corrected chi connectivity index (χ4v) is 7.59. The molecule has 0 fully saturated rings. The summed E-state index contributed by atoms with van der Waals surface area (Å²) in [6.45, 7) is -0.229. The summed E-state index contributed by atoms with van der Waals surface area (Å²) < 4.78 is 17.6. The molecule has 0 bridgehead atoms. The topological polar surface area (TPSA) is 54.1 Å². The van der Waals surface area contributed by atoms with Gasteiger partial charge in [-0.15, -0.1) is 40.8 Å². The quantitative estimate of drug-likeness (QED) is 0.137. The van der Waals surface area contributed by atoms with Crippen molar-refractivity contribution in [3.63, 3.8) is 0 Å². The normalized spacial score (nSPS) is 12.5. The van der Waals surface area contributed by atoms with Gasteiger partial charge in [-0.1, -0.05) is 71.6 Å². The Labute approximate surface area is 301 Å².